The van der Waals surface area contributed by atoms with Crippen LogP contribution in [0.3, 0.4) is 0 Å². The lowest BCUT2D eigenvalue weighted by Gasteiger charge is -2.08. The van der Waals surface area contributed by atoms with Crippen LogP contribution in [0.2, 0.25) is 5.02 Å². The van der Waals surface area contributed by atoms with Crippen LogP contribution < -0.4 is 10.6 Å². The van der Waals surface area contributed by atoms with Crippen molar-refractivity contribution in [2.24, 2.45) is 0 Å². The SMILES string of the molecule is Cc1cn(CCCNC(=O)Nc2ccc(Cl)cc2)cn1. The molecule has 20 heavy (non-hydrogen) atoms. The Morgan fingerprint density at radius 2 is 2.10 bits per heavy atom. The van der Waals surface area contributed by atoms with E-state index in [4.69, 9.17) is 11.6 Å². The van der Waals surface area contributed by atoms with Crippen LogP contribution in [0.4, 0.5) is 10.5 Å². The number of hydrogen-bond donors (Lipinski definition) is 2. The quantitative estimate of drug-likeness (QED) is 0.832. The fourth-order valence-corrected chi connectivity index (χ4v) is 1.89. The van der Waals surface area contributed by atoms with E-state index in [0.717, 1.165) is 24.3 Å². The Bertz CT molecular complexity index is 565. The molecule has 0 saturated carbocycles. The molecule has 0 atom stereocenters. The first-order valence-corrected chi connectivity index (χ1v) is 6.80. The number of halogens is 1. The van der Waals surface area contributed by atoms with E-state index in [-0.39, 0.29) is 6.03 Å². The van der Waals surface area contributed by atoms with Crippen LogP contribution in [0, 0.1) is 6.92 Å². The van der Waals surface area contributed by atoms with E-state index >= 15 is 0 Å². The normalized spacial score (nSPS) is 10.3. The number of carbonyl (C=O) groups is 1. The first kappa shape index (κ1) is 14.4. The number of rotatable bonds is 5. The summed E-state index contributed by atoms with van der Waals surface area (Å²) in [4.78, 5) is 15.8. The topological polar surface area (TPSA) is 59.0 Å². The van der Waals surface area contributed by atoms with Gasteiger partial charge in [0.05, 0.1) is 12.0 Å². The Balaban J connectivity index is 1.66. The fourth-order valence-electron chi connectivity index (χ4n) is 1.77. The first-order chi connectivity index (χ1) is 9.63. The van der Waals surface area contributed by atoms with Gasteiger partial charge in [-0.2, -0.15) is 0 Å². The van der Waals surface area contributed by atoms with Crippen molar-refractivity contribution in [1.82, 2.24) is 14.9 Å². The lowest BCUT2D eigenvalue weighted by Crippen LogP contribution is -2.29. The third-order valence-electron chi connectivity index (χ3n) is 2.74. The minimum absolute atomic E-state index is 0.214. The van der Waals surface area contributed by atoms with Gasteiger partial charge in [-0.15, -0.1) is 0 Å². The second-order valence-corrected chi connectivity index (χ2v) is 4.93. The fraction of sp³-hybridized carbons (Fsp3) is 0.286. The summed E-state index contributed by atoms with van der Waals surface area (Å²) < 4.78 is 2.01. The maximum atomic E-state index is 11.6. The highest BCUT2D eigenvalue weighted by Gasteiger charge is 2.01. The van der Waals surface area contributed by atoms with Gasteiger partial charge in [0.1, 0.15) is 0 Å². The van der Waals surface area contributed by atoms with Crippen LogP contribution in [0.5, 0.6) is 0 Å². The van der Waals surface area contributed by atoms with Gasteiger partial charge in [-0.1, -0.05) is 11.6 Å². The van der Waals surface area contributed by atoms with Gasteiger partial charge in [-0.3, -0.25) is 0 Å². The van der Waals surface area contributed by atoms with E-state index < -0.39 is 0 Å². The third kappa shape index (κ3) is 4.59. The Labute approximate surface area is 123 Å². The smallest absolute Gasteiger partial charge is 0.319 e. The number of imidazole rings is 1. The number of aryl methyl sites for hydroxylation is 2. The molecule has 0 aliphatic rings. The van der Waals surface area contributed by atoms with Gasteiger partial charge >= 0.3 is 6.03 Å². The Morgan fingerprint density at radius 1 is 1.35 bits per heavy atom. The van der Waals surface area contributed by atoms with Gasteiger partial charge in [-0.25, -0.2) is 9.78 Å². The van der Waals surface area contributed by atoms with Crippen molar-refractivity contribution in [3.63, 3.8) is 0 Å². The van der Waals surface area contributed by atoms with Gasteiger partial charge in [0, 0.05) is 30.0 Å². The molecule has 106 valence electrons. The molecule has 6 heteroatoms. The van der Waals surface area contributed by atoms with E-state index in [2.05, 4.69) is 15.6 Å². The molecular weight excluding hydrogens is 276 g/mol. The monoisotopic (exact) mass is 292 g/mol. The molecule has 0 saturated heterocycles. The molecule has 1 heterocycles. The summed E-state index contributed by atoms with van der Waals surface area (Å²) in [7, 11) is 0. The molecule has 0 spiro atoms. The largest absolute Gasteiger partial charge is 0.338 e. The van der Waals surface area contributed by atoms with Crippen molar-refractivity contribution >= 4 is 23.3 Å². The van der Waals surface area contributed by atoms with E-state index in [9.17, 15) is 4.79 Å². The van der Waals surface area contributed by atoms with Crippen molar-refractivity contribution < 1.29 is 4.79 Å². The van der Waals surface area contributed by atoms with E-state index in [1.54, 1.807) is 30.6 Å². The second kappa shape index (κ2) is 6.96. The Hall–Kier alpha value is -2.01. The molecule has 2 N–H and O–H groups in total. The number of benzene rings is 1. The molecule has 2 amide bonds. The van der Waals surface area contributed by atoms with E-state index in [1.807, 2.05) is 17.7 Å². The summed E-state index contributed by atoms with van der Waals surface area (Å²) in [5, 5.41) is 6.20. The van der Waals surface area contributed by atoms with Crippen molar-refractivity contribution in [1.29, 1.82) is 0 Å². The van der Waals surface area contributed by atoms with Gasteiger partial charge in [-0.05, 0) is 37.6 Å². The lowest BCUT2D eigenvalue weighted by atomic mass is 10.3. The van der Waals surface area contributed by atoms with E-state index in [1.165, 1.54) is 0 Å². The molecule has 5 nitrogen and oxygen atoms in total. The highest BCUT2D eigenvalue weighted by Crippen LogP contribution is 2.12. The average molecular weight is 293 g/mol. The van der Waals surface area contributed by atoms with Gasteiger partial charge < -0.3 is 15.2 Å². The van der Waals surface area contributed by atoms with Crippen LogP contribution in [-0.4, -0.2) is 22.1 Å². The van der Waals surface area contributed by atoms with Crippen LogP contribution in [0.25, 0.3) is 0 Å². The second-order valence-electron chi connectivity index (χ2n) is 4.49. The maximum absolute atomic E-state index is 11.6. The zero-order valence-corrected chi connectivity index (χ0v) is 12.0. The molecule has 2 aromatic rings. The summed E-state index contributed by atoms with van der Waals surface area (Å²) in [6.45, 7) is 3.40. The Kier molecular flexibility index (Phi) is 5.01. The van der Waals surface area contributed by atoms with E-state index in [0.29, 0.717) is 11.6 Å². The molecule has 0 bridgehead atoms. The number of hydrogen-bond acceptors (Lipinski definition) is 2. The maximum Gasteiger partial charge on any atom is 0.319 e. The number of aromatic nitrogens is 2. The van der Waals surface area contributed by atoms with Gasteiger partial charge in [0.2, 0.25) is 0 Å². The summed E-state index contributed by atoms with van der Waals surface area (Å²) in [6, 6.07) is 6.78. The van der Waals surface area contributed by atoms with Gasteiger partial charge in [0.15, 0.2) is 0 Å². The average Bonchev–Trinajstić information content (AvgIpc) is 2.83. The molecule has 1 aromatic carbocycles. The number of amides is 2. The summed E-state index contributed by atoms with van der Waals surface area (Å²) in [5.74, 6) is 0. The van der Waals surface area contributed by atoms with Crippen LogP contribution in [0.1, 0.15) is 12.1 Å². The molecule has 0 fully saturated rings. The summed E-state index contributed by atoms with van der Waals surface area (Å²) in [5.41, 5.74) is 1.72. The van der Waals surface area contributed by atoms with Crippen molar-refractivity contribution in [2.45, 2.75) is 19.9 Å². The predicted octanol–water partition coefficient (Wildman–Crippen LogP) is 3.06. The number of nitrogens with zero attached hydrogens (tertiary/aromatic N) is 2. The number of anilines is 1. The minimum atomic E-state index is -0.214. The molecule has 0 radical (unpaired) electrons. The lowest BCUT2D eigenvalue weighted by molar-refractivity contribution is 0.252. The van der Waals surface area contributed by atoms with Crippen LogP contribution in [0.15, 0.2) is 36.8 Å². The Morgan fingerprint density at radius 3 is 2.75 bits per heavy atom. The molecule has 0 aliphatic carbocycles. The molecular formula is C14H17ClN4O. The highest BCUT2D eigenvalue weighted by molar-refractivity contribution is 6.30. The first-order valence-electron chi connectivity index (χ1n) is 6.42. The molecule has 0 unspecified atom stereocenters. The zero-order valence-electron chi connectivity index (χ0n) is 11.3. The molecule has 1 aromatic heterocycles. The van der Waals surface area contributed by atoms with Crippen LogP contribution in [-0.2, 0) is 6.54 Å². The van der Waals surface area contributed by atoms with Crippen molar-refractivity contribution in [2.75, 3.05) is 11.9 Å². The summed E-state index contributed by atoms with van der Waals surface area (Å²) >= 11 is 5.77. The zero-order chi connectivity index (χ0) is 14.4. The van der Waals surface area contributed by atoms with Crippen molar-refractivity contribution in [3.8, 4) is 0 Å². The number of carbonyl (C=O) groups excluding carboxylic acids is 1. The molecule has 2 rings (SSSR count). The highest BCUT2D eigenvalue weighted by atomic mass is 35.5. The number of urea groups is 1. The van der Waals surface area contributed by atoms with Crippen molar-refractivity contribution in [3.05, 3.63) is 47.5 Å². The summed E-state index contributed by atoms with van der Waals surface area (Å²) in [6.07, 6.45) is 4.63. The molecule has 0 aliphatic heterocycles. The minimum Gasteiger partial charge on any atom is -0.338 e. The van der Waals surface area contributed by atoms with Gasteiger partial charge in [0.25, 0.3) is 0 Å². The van der Waals surface area contributed by atoms with Crippen LogP contribution >= 0.6 is 11.6 Å². The third-order valence-corrected chi connectivity index (χ3v) is 3.00. The number of nitrogens with one attached hydrogen (secondary N) is 2. The predicted molar refractivity (Wildman–Crippen MR) is 80.1 cm³/mol. The standard InChI is InChI=1S/C14H17ClN4O/c1-11-9-19(10-17-11)8-2-7-16-14(20)18-13-5-3-12(15)4-6-13/h3-6,9-10H,2,7-8H2,1H3,(H2,16,18,20).